The Morgan fingerprint density at radius 1 is 1.32 bits per heavy atom. The van der Waals surface area contributed by atoms with Crippen LogP contribution >= 0.6 is 0 Å². The molecule has 0 aliphatic carbocycles. The van der Waals surface area contributed by atoms with Crippen molar-refractivity contribution in [2.45, 2.75) is 19.8 Å². The maximum Gasteiger partial charge on any atom is 0.308 e. The molecule has 1 fully saturated rings. The highest BCUT2D eigenvalue weighted by Gasteiger charge is 2.26. The summed E-state index contributed by atoms with van der Waals surface area (Å²) in [5.41, 5.74) is 0.895. The fourth-order valence-corrected chi connectivity index (χ4v) is 2.99. The number of carbonyl (C=O) groups is 1. The van der Waals surface area contributed by atoms with Crippen molar-refractivity contribution >= 4 is 23.3 Å². The molecule has 1 aliphatic rings. The number of hydrogen-bond acceptors (Lipinski definition) is 6. The highest BCUT2D eigenvalue weighted by atomic mass is 16.5. The van der Waals surface area contributed by atoms with Crippen LogP contribution in [0.4, 0.5) is 17.3 Å². The number of aromatic nitrogens is 2. The number of nitrogens with one attached hydrogen (secondary N) is 1. The fourth-order valence-electron chi connectivity index (χ4n) is 2.99. The van der Waals surface area contributed by atoms with Crippen LogP contribution in [0, 0.1) is 12.8 Å². The van der Waals surface area contributed by atoms with Crippen LogP contribution in [0.25, 0.3) is 0 Å². The third-order valence-electron chi connectivity index (χ3n) is 4.28. The van der Waals surface area contributed by atoms with Crippen molar-refractivity contribution in [3.8, 4) is 5.75 Å². The van der Waals surface area contributed by atoms with Gasteiger partial charge in [0.1, 0.15) is 23.2 Å². The number of aryl methyl sites for hydroxylation is 1. The lowest BCUT2D eigenvalue weighted by Gasteiger charge is -2.31. The van der Waals surface area contributed by atoms with E-state index in [1.165, 1.54) is 0 Å². The van der Waals surface area contributed by atoms with Crippen LogP contribution in [-0.4, -0.2) is 41.2 Å². The predicted octanol–water partition coefficient (Wildman–Crippen LogP) is 2.84. The molecule has 0 saturated carbocycles. The monoisotopic (exact) mass is 342 g/mol. The Morgan fingerprint density at radius 3 is 2.76 bits per heavy atom. The van der Waals surface area contributed by atoms with E-state index in [2.05, 4.69) is 15.3 Å². The predicted molar refractivity (Wildman–Crippen MR) is 95.6 cm³/mol. The van der Waals surface area contributed by atoms with E-state index in [0.29, 0.717) is 24.6 Å². The number of ether oxygens (including phenoxy) is 1. The summed E-state index contributed by atoms with van der Waals surface area (Å²) >= 11 is 0. The summed E-state index contributed by atoms with van der Waals surface area (Å²) in [6.45, 7) is 3.12. The number of hydrogen-bond donors (Lipinski definition) is 2. The first-order chi connectivity index (χ1) is 12.0. The summed E-state index contributed by atoms with van der Waals surface area (Å²) < 4.78 is 5.16. The molecule has 2 N–H and O–H groups in total. The maximum absolute atomic E-state index is 11.3. The standard InChI is InChI=1S/C18H22N4O3/c1-12-19-16(21-14-5-7-15(25-2)8-6-14)10-17(20-12)22-9-3-4-13(11-22)18(23)24/h5-8,10,13H,3-4,9,11H2,1-2H3,(H,23,24)(H,19,20,21)/t13-/m0/s1. The van der Waals surface area contributed by atoms with Crippen LogP contribution in [0.3, 0.4) is 0 Å². The van der Waals surface area contributed by atoms with Gasteiger partial charge in [-0.25, -0.2) is 9.97 Å². The Balaban J connectivity index is 1.78. The van der Waals surface area contributed by atoms with E-state index in [4.69, 9.17) is 4.74 Å². The number of anilines is 3. The number of carboxylic acids is 1. The summed E-state index contributed by atoms with van der Waals surface area (Å²) in [5, 5.41) is 12.5. The third-order valence-corrected chi connectivity index (χ3v) is 4.28. The van der Waals surface area contributed by atoms with Gasteiger partial charge in [-0.2, -0.15) is 0 Å². The molecule has 2 aromatic rings. The molecule has 0 bridgehead atoms. The van der Waals surface area contributed by atoms with Crippen LogP contribution in [0.2, 0.25) is 0 Å². The molecule has 1 aromatic heterocycles. The van der Waals surface area contributed by atoms with E-state index >= 15 is 0 Å². The summed E-state index contributed by atoms with van der Waals surface area (Å²) in [5.74, 6) is 1.79. The number of aliphatic carboxylic acids is 1. The number of carboxylic acid groups (broad SMARTS) is 1. The molecule has 132 valence electrons. The van der Waals surface area contributed by atoms with Gasteiger partial charge in [0.25, 0.3) is 0 Å². The minimum absolute atomic E-state index is 0.345. The molecular formula is C18H22N4O3. The van der Waals surface area contributed by atoms with Gasteiger partial charge in [-0.1, -0.05) is 0 Å². The highest BCUT2D eigenvalue weighted by Crippen LogP contribution is 2.25. The van der Waals surface area contributed by atoms with Crippen molar-refractivity contribution < 1.29 is 14.6 Å². The van der Waals surface area contributed by atoms with Crippen molar-refractivity contribution in [1.29, 1.82) is 0 Å². The molecule has 7 heteroatoms. The van der Waals surface area contributed by atoms with Crippen LogP contribution in [-0.2, 0) is 4.79 Å². The van der Waals surface area contributed by atoms with Crippen LogP contribution < -0.4 is 15.0 Å². The Labute approximate surface area is 146 Å². The van der Waals surface area contributed by atoms with Gasteiger partial charge in [-0.05, 0) is 44.0 Å². The number of piperidine rings is 1. The molecule has 1 atom stereocenters. The largest absolute Gasteiger partial charge is 0.497 e. The number of benzene rings is 1. The Bertz CT molecular complexity index is 748. The van der Waals surface area contributed by atoms with Gasteiger partial charge in [-0.3, -0.25) is 4.79 Å². The molecule has 1 aromatic carbocycles. The van der Waals surface area contributed by atoms with Crippen LogP contribution in [0.1, 0.15) is 18.7 Å². The van der Waals surface area contributed by atoms with Gasteiger partial charge in [0.2, 0.25) is 0 Å². The van der Waals surface area contributed by atoms with Crippen molar-refractivity contribution in [2.75, 3.05) is 30.4 Å². The molecule has 1 saturated heterocycles. The zero-order valence-corrected chi connectivity index (χ0v) is 14.4. The van der Waals surface area contributed by atoms with Gasteiger partial charge in [0.05, 0.1) is 13.0 Å². The van der Waals surface area contributed by atoms with Crippen LogP contribution in [0.5, 0.6) is 5.75 Å². The van der Waals surface area contributed by atoms with E-state index in [0.717, 1.165) is 30.2 Å². The molecule has 7 nitrogen and oxygen atoms in total. The third kappa shape index (κ3) is 4.17. The van der Waals surface area contributed by atoms with E-state index in [-0.39, 0.29) is 5.92 Å². The lowest BCUT2D eigenvalue weighted by atomic mass is 9.98. The van der Waals surface area contributed by atoms with Crippen molar-refractivity contribution in [1.82, 2.24) is 9.97 Å². The average molecular weight is 342 g/mol. The first-order valence-corrected chi connectivity index (χ1v) is 8.29. The molecule has 0 spiro atoms. The SMILES string of the molecule is COc1ccc(Nc2cc(N3CCC[C@H](C(=O)O)C3)nc(C)n2)cc1. The lowest BCUT2D eigenvalue weighted by molar-refractivity contribution is -0.141. The van der Waals surface area contributed by atoms with E-state index < -0.39 is 5.97 Å². The summed E-state index contributed by atoms with van der Waals surface area (Å²) in [4.78, 5) is 22.2. The summed E-state index contributed by atoms with van der Waals surface area (Å²) in [7, 11) is 1.63. The minimum atomic E-state index is -0.743. The molecule has 2 heterocycles. The van der Waals surface area contributed by atoms with Crippen molar-refractivity contribution in [3.63, 3.8) is 0 Å². The second-order valence-corrected chi connectivity index (χ2v) is 6.14. The Kier molecular flexibility index (Phi) is 5.02. The molecule has 0 unspecified atom stereocenters. The smallest absolute Gasteiger partial charge is 0.308 e. The normalized spacial score (nSPS) is 17.2. The van der Waals surface area contributed by atoms with Gasteiger partial charge >= 0.3 is 5.97 Å². The van der Waals surface area contributed by atoms with Gasteiger partial charge in [0, 0.05) is 24.8 Å². The molecule has 25 heavy (non-hydrogen) atoms. The van der Waals surface area contributed by atoms with Crippen LogP contribution in [0.15, 0.2) is 30.3 Å². The van der Waals surface area contributed by atoms with Crippen molar-refractivity contribution in [2.24, 2.45) is 5.92 Å². The van der Waals surface area contributed by atoms with E-state index in [1.807, 2.05) is 42.2 Å². The maximum atomic E-state index is 11.3. The Hall–Kier alpha value is -2.83. The van der Waals surface area contributed by atoms with Crippen molar-refractivity contribution in [3.05, 3.63) is 36.2 Å². The molecule has 0 amide bonds. The zero-order valence-electron chi connectivity index (χ0n) is 14.4. The zero-order chi connectivity index (χ0) is 17.8. The topological polar surface area (TPSA) is 87.6 Å². The van der Waals surface area contributed by atoms with Gasteiger partial charge in [0.15, 0.2) is 0 Å². The molecule has 1 aliphatic heterocycles. The van der Waals surface area contributed by atoms with Gasteiger partial charge in [-0.15, -0.1) is 0 Å². The Morgan fingerprint density at radius 2 is 2.08 bits per heavy atom. The minimum Gasteiger partial charge on any atom is -0.497 e. The number of methoxy groups -OCH3 is 1. The second-order valence-electron chi connectivity index (χ2n) is 6.14. The quantitative estimate of drug-likeness (QED) is 0.864. The van der Waals surface area contributed by atoms with E-state index in [1.54, 1.807) is 7.11 Å². The summed E-state index contributed by atoms with van der Waals surface area (Å²) in [6.07, 6.45) is 1.56. The number of rotatable bonds is 5. The first kappa shape index (κ1) is 17.0. The highest BCUT2D eigenvalue weighted by molar-refractivity contribution is 5.71. The van der Waals surface area contributed by atoms with Gasteiger partial charge < -0.3 is 20.1 Å². The first-order valence-electron chi connectivity index (χ1n) is 8.29. The molecule has 3 rings (SSSR count). The van der Waals surface area contributed by atoms with E-state index in [9.17, 15) is 9.90 Å². The molecular weight excluding hydrogens is 320 g/mol. The summed E-state index contributed by atoms with van der Waals surface area (Å²) in [6, 6.07) is 9.44. The molecule has 0 radical (unpaired) electrons. The number of nitrogens with zero attached hydrogens (tertiary/aromatic N) is 3. The second kappa shape index (κ2) is 7.38. The average Bonchev–Trinajstić information content (AvgIpc) is 2.62. The fraction of sp³-hybridized carbons (Fsp3) is 0.389. The lowest BCUT2D eigenvalue weighted by Crippen LogP contribution is -2.39.